The van der Waals surface area contributed by atoms with E-state index in [1.807, 2.05) is 79.9 Å². The first-order valence-corrected chi connectivity index (χ1v) is 11.8. The SMILES string of the molecule is C#Cc1ccccc1C(=CCOc1ccc(OCC(=O)OC)c(C)c1)c1ccccc1.c1cc2cc-2n1. The second-order valence-electron chi connectivity index (χ2n) is 8.21. The smallest absolute Gasteiger partial charge is 0.343 e. The van der Waals surface area contributed by atoms with Crippen molar-refractivity contribution in [3.63, 3.8) is 0 Å². The molecule has 1 heterocycles. The van der Waals surface area contributed by atoms with Crippen LogP contribution in [0.5, 0.6) is 11.5 Å². The van der Waals surface area contributed by atoms with Crippen LogP contribution < -0.4 is 9.47 Å². The van der Waals surface area contributed by atoms with Crippen molar-refractivity contribution in [2.75, 3.05) is 20.3 Å². The molecule has 3 aromatic carbocycles. The molecule has 0 aromatic heterocycles. The lowest BCUT2D eigenvalue weighted by molar-refractivity contribution is -0.142. The largest absolute Gasteiger partial charge is 0.489 e. The van der Waals surface area contributed by atoms with Crippen LogP contribution in [-0.2, 0) is 9.53 Å². The minimum absolute atomic E-state index is 0.130. The Morgan fingerprint density at radius 2 is 1.76 bits per heavy atom. The zero-order valence-corrected chi connectivity index (χ0v) is 20.8. The molecule has 0 amide bonds. The molecule has 1 aliphatic heterocycles. The van der Waals surface area contributed by atoms with Gasteiger partial charge in [0.15, 0.2) is 6.61 Å². The molecule has 1 aliphatic carbocycles. The number of esters is 1. The number of aryl methyl sites for hydroxylation is 1. The number of aromatic nitrogens is 1. The predicted molar refractivity (Wildman–Crippen MR) is 145 cm³/mol. The average Bonchev–Trinajstić information content (AvgIpc) is 3.54. The standard InChI is InChI=1S/C27H24O4.C5H3N/c1-4-21-10-8-9-13-24(21)25(22-11-6-5-7-12-22)16-17-30-23-14-15-26(20(2)18-23)31-19-27(28)29-3;1-2-6-5-3-4(1)5/h1,5-16,18H,17,19H2,2-3H3;1-3H. The van der Waals surface area contributed by atoms with E-state index in [-0.39, 0.29) is 6.61 Å². The van der Waals surface area contributed by atoms with E-state index in [2.05, 4.69) is 33.8 Å². The number of methoxy groups -OCH3 is 1. The molecule has 0 saturated heterocycles. The first kappa shape index (κ1) is 25.3. The van der Waals surface area contributed by atoms with Gasteiger partial charge in [-0.1, -0.05) is 54.5 Å². The van der Waals surface area contributed by atoms with Crippen molar-refractivity contribution in [1.82, 2.24) is 4.98 Å². The number of rotatable bonds is 8. The van der Waals surface area contributed by atoms with E-state index in [4.69, 9.17) is 15.9 Å². The second kappa shape index (κ2) is 12.2. The van der Waals surface area contributed by atoms with Gasteiger partial charge in [-0.05, 0) is 71.7 Å². The van der Waals surface area contributed by atoms with Gasteiger partial charge in [0.25, 0.3) is 0 Å². The summed E-state index contributed by atoms with van der Waals surface area (Å²) in [6, 6.07) is 27.5. The fourth-order valence-electron chi connectivity index (χ4n) is 3.69. The molecule has 2 aliphatic rings. The van der Waals surface area contributed by atoms with Crippen LogP contribution in [0.15, 0.2) is 97.2 Å². The van der Waals surface area contributed by atoms with Crippen LogP contribution in [0, 0.1) is 19.3 Å². The van der Waals surface area contributed by atoms with E-state index < -0.39 is 5.97 Å². The van der Waals surface area contributed by atoms with Crippen LogP contribution >= 0.6 is 0 Å². The lowest BCUT2D eigenvalue weighted by Crippen LogP contribution is -2.13. The molecule has 5 nitrogen and oxygen atoms in total. The maximum Gasteiger partial charge on any atom is 0.343 e. The van der Waals surface area contributed by atoms with Gasteiger partial charge < -0.3 is 14.2 Å². The lowest BCUT2D eigenvalue weighted by Gasteiger charge is -2.13. The summed E-state index contributed by atoms with van der Waals surface area (Å²) in [4.78, 5) is 15.2. The number of nitrogens with zero attached hydrogens (tertiary/aromatic N) is 1. The molecule has 184 valence electrons. The van der Waals surface area contributed by atoms with Crippen LogP contribution in [0.3, 0.4) is 0 Å². The predicted octanol–water partition coefficient (Wildman–Crippen LogP) is 6.10. The highest BCUT2D eigenvalue weighted by Crippen LogP contribution is 2.29. The molecule has 37 heavy (non-hydrogen) atoms. The van der Waals surface area contributed by atoms with Gasteiger partial charge in [0.1, 0.15) is 18.1 Å². The van der Waals surface area contributed by atoms with Gasteiger partial charge in [-0.25, -0.2) is 4.79 Å². The monoisotopic (exact) mass is 489 g/mol. The molecule has 0 bridgehead atoms. The fourth-order valence-corrected chi connectivity index (χ4v) is 3.69. The van der Waals surface area contributed by atoms with E-state index in [0.29, 0.717) is 18.1 Å². The molecule has 5 rings (SSSR count). The average molecular weight is 490 g/mol. The van der Waals surface area contributed by atoms with Crippen LogP contribution in [0.2, 0.25) is 0 Å². The van der Waals surface area contributed by atoms with Crippen molar-refractivity contribution in [2.45, 2.75) is 6.92 Å². The Balaban J connectivity index is 0.000000458. The highest BCUT2D eigenvalue weighted by molar-refractivity contribution is 5.82. The first-order chi connectivity index (χ1) is 18.1. The molecule has 0 N–H and O–H groups in total. The number of carbonyl (C=O) groups is 1. The maximum atomic E-state index is 11.3. The van der Waals surface area contributed by atoms with Crippen LogP contribution in [0.4, 0.5) is 0 Å². The number of terminal acetylenes is 1. The van der Waals surface area contributed by atoms with E-state index in [0.717, 1.165) is 27.8 Å². The number of ether oxygens (including phenoxy) is 3. The number of carbonyl (C=O) groups excluding carboxylic acids is 1. The molecule has 0 atom stereocenters. The minimum atomic E-state index is -0.425. The lowest BCUT2D eigenvalue weighted by atomic mass is 9.94. The Bertz CT molecular complexity index is 1430. The molecule has 0 spiro atoms. The molecule has 0 fully saturated rings. The van der Waals surface area contributed by atoms with Gasteiger partial charge in [-0.3, -0.25) is 4.98 Å². The van der Waals surface area contributed by atoms with E-state index in [1.54, 1.807) is 6.07 Å². The quantitative estimate of drug-likeness (QED) is 0.195. The van der Waals surface area contributed by atoms with Crippen molar-refractivity contribution in [3.8, 4) is 35.1 Å². The molecular formula is C32H27NO4. The van der Waals surface area contributed by atoms with Crippen molar-refractivity contribution in [1.29, 1.82) is 0 Å². The van der Waals surface area contributed by atoms with E-state index >= 15 is 0 Å². The normalized spacial score (nSPS) is 10.9. The second-order valence-corrected chi connectivity index (χ2v) is 8.21. The number of fused-ring (bicyclic) bond motifs is 1. The van der Waals surface area contributed by atoms with Crippen molar-refractivity contribution < 1.29 is 19.0 Å². The molecule has 0 saturated carbocycles. The minimum Gasteiger partial charge on any atom is -0.489 e. The molecule has 0 unspecified atom stereocenters. The molecule has 5 heteroatoms. The first-order valence-electron chi connectivity index (χ1n) is 11.8. The number of hydrogen-bond donors (Lipinski definition) is 0. The zero-order valence-electron chi connectivity index (χ0n) is 20.8. The summed E-state index contributed by atoms with van der Waals surface area (Å²) in [5.74, 6) is 3.66. The zero-order chi connectivity index (χ0) is 26.0. The van der Waals surface area contributed by atoms with Gasteiger partial charge in [0.05, 0.1) is 12.8 Å². The van der Waals surface area contributed by atoms with Gasteiger partial charge in [0.2, 0.25) is 0 Å². The van der Waals surface area contributed by atoms with Gasteiger partial charge in [-0.2, -0.15) is 0 Å². The fraction of sp³-hybridized carbons (Fsp3) is 0.125. The van der Waals surface area contributed by atoms with Gasteiger partial charge in [-0.15, -0.1) is 6.42 Å². The Morgan fingerprint density at radius 1 is 0.973 bits per heavy atom. The highest BCUT2D eigenvalue weighted by atomic mass is 16.6. The summed E-state index contributed by atoms with van der Waals surface area (Å²) in [5.41, 5.74) is 7.26. The van der Waals surface area contributed by atoms with Crippen molar-refractivity contribution in [3.05, 3.63) is 119 Å². The molecule has 3 aromatic rings. The number of hydrogen-bond acceptors (Lipinski definition) is 5. The Hall–Kier alpha value is -4.82. The summed E-state index contributed by atoms with van der Waals surface area (Å²) in [6.45, 7) is 2.13. The Labute approximate surface area is 217 Å². The summed E-state index contributed by atoms with van der Waals surface area (Å²) >= 11 is 0. The number of benzene rings is 3. The summed E-state index contributed by atoms with van der Waals surface area (Å²) in [5, 5.41) is 0. The molecular weight excluding hydrogens is 462 g/mol. The highest BCUT2D eigenvalue weighted by Gasteiger charge is 2.10. The van der Waals surface area contributed by atoms with E-state index in [1.165, 1.54) is 18.4 Å². The van der Waals surface area contributed by atoms with Gasteiger partial charge in [0, 0.05) is 17.3 Å². The van der Waals surface area contributed by atoms with Crippen molar-refractivity contribution >= 4 is 11.5 Å². The van der Waals surface area contributed by atoms with Crippen LogP contribution in [0.1, 0.15) is 22.3 Å². The molecule has 0 radical (unpaired) electrons. The summed E-state index contributed by atoms with van der Waals surface area (Å²) in [7, 11) is 1.33. The third-order valence-electron chi connectivity index (χ3n) is 5.69. The summed E-state index contributed by atoms with van der Waals surface area (Å²) < 4.78 is 16.0. The maximum absolute atomic E-state index is 11.3. The third-order valence-corrected chi connectivity index (χ3v) is 5.69. The van der Waals surface area contributed by atoms with Crippen molar-refractivity contribution in [2.24, 2.45) is 0 Å². The Kier molecular flexibility index (Phi) is 8.36. The van der Waals surface area contributed by atoms with Gasteiger partial charge >= 0.3 is 5.97 Å². The topological polar surface area (TPSA) is 57.7 Å². The van der Waals surface area contributed by atoms with Crippen LogP contribution in [0.25, 0.3) is 16.8 Å². The summed E-state index contributed by atoms with van der Waals surface area (Å²) in [6.07, 6.45) is 9.57. The van der Waals surface area contributed by atoms with E-state index in [9.17, 15) is 4.79 Å². The third kappa shape index (κ3) is 6.87. The Morgan fingerprint density at radius 3 is 2.38 bits per heavy atom. The number of pyridine rings is 1. The van der Waals surface area contributed by atoms with Crippen LogP contribution in [-0.4, -0.2) is 31.3 Å².